The van der Waals surface area contributed by atoms with Crippen molar-refractivity contribution in [3.05, 3.63) is 0 Å². The molecule has 0 saturated heterocycles. The predicted octanol–water partition coefficient (Wildman–Crippen LogP) is 4.76. The molecule has 1 rings (SSSR count). The van der Waals surface area contributed by atoms with Crippen molar-refractivity contribution in [1.29, 1.82) is 0 Å². The summed E-state index contributed by atoms with van der Waals surface area (Å²) in [5, 5.41) is 3.85. The molecule has 0 bridgehead atoms. The predicted molar refractivity (Wildman–Crippen MR) is 77.3 cm³/mol. The lowest BCUT2D eigenvalue weighted by Crippen LogP contribution is -2.34. The maximum Gasteiger partial charge on any atom is 0.00670 e. The standard InChI is InChI=1S/C16H33N/c1-4-6-11-16(8-5-2)17-13-15-10-7-9-14(3)12-15/h14-17H,4-13H2,1-3H3. The van der Waals surface area contributed by atoms with Crippen molar-refractivity contribution in [2.75, 3.05) is 6.54 Å². The Balaban J connectivity index is 2.19. The third-order valence-electron chi connectivity index (χ3n) is 4.28. The molecule has 102 valence electrons. The van der Waals surface area contributed by atoms with Gasteiger partial charge in [-0.1, -0.05) is 52.9 Å². The molecule has 1 nitrogen and oxygen atoms in total. The summed E-state index contributed by atoms with van der Waals surface area (Å²) in [4.78, 5) is 0. The molecule has 1 N–H and O–H groups in total. The zero-order chi connectivity index (χ0) is 12.5. The number of nitrogens with one attached hydrogen (secondary N) is 1. The first-order valence-electron chi connectivity index (χ1n) is 7.99. The van der Waals surface area contributed by atoms with Gasteiger partial charge in [-0.05, 0) is 44.1 Å². The molecule has 1 aliphatic rings. The van der Waals surface area contributed by atoms with E-state index in [4.69, 9.17) is 0 Å². The third-order valence-corrected chi connectivity index (χ3v) is 4.28. The van der Waals surface area contributed by atoms with Crippen LogP contribution in [0.5, 0.6) is 0 Å². The summed E-state index contributed by atoms with van der Waals surface area (Å²) >= 11 is 0. The minimum Gasteiger partial charge on any atom is -0.314 e. The van der Waals surface area contributed by atoms with E-state index in [-0.39, 0.29) is 0 Å². The molecule has 0 aromatic heterocycles. The highest BCUT2D eigenvalue weighted by atomic mass is 14.9. The first-order chi connectivity index (χ1) is 8.26. The van der Waals surface area contributed by atoms with Crippen LogP contribution in [0.25, 0.3) is 0 Å². The average Bonchev–Trinajstić information content (AvgIpc) is 2.33. The first kappa shape index (κ1) is 15.0. The molecule has 1 heteroatoms. The lowest BCUT2D eigenvalue weighted by atomic mass is 9.82. The van der Waals surface area contributed by atoms with Gasteiger partial charge in [0.15, 0.2) is 0 Å². The van der Waals surface area contributed by atoms with E-state index in [1.807, 2.05) is 0 Å². The van der Waals surface area contributed by atoms with Crippen LogP contribution in [0.15, 0.2) is 0 Å². The number of hydrogen-bond acceptors (Lipinski definition) is 1. The molecule has 0 amide bonds. The van der Waals surface area contributed by atoms with Gasteiger partial charge in [-0.3, -0.25) is 0 Å². The Morgan fingerprint density at radius 2 is 1.94 bits per heavy atom. The molecule has 0 aliphatic heterocycles. The molecule has 0 spiro atoms. The summed E-state index contributed by atoms with van der Waals surface area (Å²) in [7, 11) is 0. The van der Waals surface area contributed by atoms with Crippen molar-refractivity contribution in [3.63, 3.8) is 0 Å². The fourth-order valence-corrected chi connectivity index (χ4v) is 3.23. The molecule has 17 heavy (non-hydrogen) atoms. The second-order valence-corrected chi connectivity index (χ2v) is 6.17. The zero-order valence-electron chi connectivity index (χ0n) is 12.3. The highest BCUT2D eigenvalue weighted by molar-refractivity contribution is 4.75. The largest absolute Gasteiger partial charge is 0.314 e. The third kappa shape index (κ3) is 6.45. The normalized spacial score (nSPS) is 27.0. The zero-order valence-corrected chi connectivity index (χ0v) is 12.3. The van der Waals surface area contributed by atoms with Crippen LogP contribution in [-0.2, 0) is 0 Å². The van der Waals surface area contributed by atoms with Crippen LogP contribution in [0.3, 0.4) is 0 Å². The maximum absolute atomic E-state index is 3.85. The van der Waals surface area contributed by atoms with Crippen molar-refractivity contribution in [3.8, 4) is 0 Å². The van der Waals surface area contributed by atoms with Crippen molar-refractivity contribution in [2.24, 2.45) is 11.8 Å². The van der Waals surface area contributed by atoms with Gasteiger partial charge >= 0.3 is 0 Å². The Labute approximate surface area is 109 Å². The number of unbranched alkanes of at least 4 members (excludes halogenated alkanes) is 1. The van der Waals surface area contributed by atoms with Crippen molar-refractivity contribution in [2.45, 2.75) is 84.6 Å². The monoisotopic (exact) mass is 239 g/mol. The van der Waals surface area contributed by atoms with Gasteiger partial charge in [-0.2, -0.15) is 0 Å². The topological polar surface area (TPSA) is 12.0 Å². The van der Waals surface area contributed by atoms with E-state index < -0.39 is 0 Å². The molecule has 1 saturated carbocycles. The van der Waals surface area contributed by atoms with E-state index in [1.165, 1.54) is 64.3 Å². The Bertz CT molecular complexity index is 178. The van der Waals surface area contributed by atoms with Crippen LogP contribution in [0.2, 0.25) is 0 Å². The van der Waals surface area contributed by atoms with E-state index in [0.29, 0.717) is 0 Å². The number of rotatable bonds is 8. The van der Waals surface area contributed by atoms with Gasteiger partial charge in [0, 0.05) is 6.04 Å². The molecule has 0 radical (unpaired) electrons. The van der Waals surface area contributed by atoms with Gasteiger partial charge < -0.3 is 5.32 Å². The fraction of sp³-hybridized carbons (Fsp3) is 1.00. The summed E-state index contributed by atoms with van der Waals surface area (Å²) in [5.74, 6) is 1.93. The van der Waals surface area contributed by atoms with E-state index in [2.05, 4.69) is 26.1 Å². The van der Waals surface area contributed by atoms with E-state index in [0.717, 1.165) is 17.9 Å². The van der Waals surface area contributed by atoms with Gasteiger partial charge in [0.1, 0.15) is 0 Å². The Hall–Kier alpha value is -0.0400. The SMILES string of the molecule is CCCCC(CCC)NCC1CCCC(C)C1. The maximum atomic E-state index is 3.85. The minimum absolute atomic E-state index is 0.789. The van der Waals surface area contributed by atoms with E-state index in [9.17, 15) is 0 Å². The molecule has 0 heterocycles. The Morgan fingerprint density at radius 3 is 2.59 bits per heavy atom. The molecule has 3 unspecified atom stereocenters. The lowest BCUT2D eigenvalue weighted by molar-refractivity contribution is 0.261. The van der Waals surface area contributed by atoms with Crippen LogP contribution in [0.1, 0.15) is 78.6 Å². The quantitative estimate of drug-likeness (QED) is 0.644. The smallest absolute Gasteiger partial charge is 0.00670 e. The molecule has 0 aromatic rings. The Morgan fingerprint density at radius 1 is 1.12 bits per heavy atom. The summed E-state index contributed by atoms with van der Waals surface area (Å²) in [6, 6.07) is 0.789. The first-order valence-corrected chi connectivity index (χ1v) is 7.99. The van der Waals surface area contributed by atoms with Crippen LogP contribution in [0.4, 0.5) is 0 Å². The Kier molecular flexibility index (Phi) is 7.92. The average molecular weight is 239 g/mol. The van der Waals surface area contributed by atoms with Crippen LogP contribution < -0.4 is 5.32 Å². The van der Waals surface area contributed by atoms with Gasteiger partial charge in [0.25, 0.3) is 0 Å². The molecular weight excluding hydrogens is 206 g/mol. The lowest BCUT2D eigenvalue weighted by Gasteiger charge is -2.29. The molecule has 1 aliphatic carbocycles. The molecular formula is C16H33N. The van der Waals surface area contributed by atoms with Crippen LogP contribution in [0, 0.1) is 11.8 Å². The minimum atomic E-state index is 0.789. The van der Waals surface area contributed by atoms with Gasteiger partial charge in [-0.15, -0.1) is 0 Å². The van der Waals surface area contributed by atoms with Gasteiger partial charge in [-0.25, -0.2) is 0 Å². The van der Waals surface area contributed by atoms with Gasteiger partial charge in [0.05, 0.1) is 0 Å². The second kappa shape index (κ2) is 8.97. The van der Waals surface area contributed by atoms with E-state index in [1.54, 1.807) is 0 Å². The van der Waals surface area contributed by atoms with Crippen LogP contribution >= 0.6 is 0 Å². The number of hydrogen-bond donors (Lipinski definition) is 1. The summed E-state index contributed by atoms with van der Waals surface area (Å²) < 4.78 is 0. The molecule has 0 aromatic carbocycles. The molecule has 1 fully saturated rings. The van der Waals surface area contributed by atoms with Crippen molar-refractivity contribution in [1.82, 2.24) is 5.32 Å². The van der Waals surface area contributed by atoms with Crippen molar-refractivity contribution < 1.29 is 0 Å². The van der Waals surface area contributed by atoms with Crippen LogP contribution in [-0.4, -0.2) is 12.6 Å². The second-order valence-electron chi connectivity index (χ2n) is 6.17. The van der Waals surface area contributed by atoms with Gasteiger partial charge in [0.2, 0.25) is 0 Å². The van der Waals surface area contributed by atoms with Crippen molar-refractivity contribution >= 4 is 0 Å². The highest BCUT2D eigenvalue weighted by Crippen LogP contribution is 2.28. The summed E-state index contributed by atoms with van der Waals surface area (Å²) in [6.07, 6.45) is 12.6. The summed E-state index contributed by atoms with van der Waals surface area (Å²) in [6.45, 7) is 8.31. The highest BCUT2D eigenvalue weighted by Gasteiger charge is 2.19. The summed E-state index contributed by atoms with van der Waals surface area (Å²) in [5.41, 5.74) is 0. The molecule has 3 atom stereocenters. The fourth-order valence-electron chi connectivity index (χ4n) is 3.23. The van der Waals surface area contributed by atoms with E-state index >= 15 is 0 Å².